The number of aryl methyl sites for hydroxylation is 1. The Morgan fingerprint density at radius 2 is 2.03 bits per heavy atom. The fourth-order valence-electron chi connectivity index (χ4n) is 4.18. The van der Waals surface area contributed by atoms with Crippen LogP contribution in [0.2, 0.25) is 0 Å². The maximum absolute atomic E-state index is 13.6. The fraction of sp³-hybridized carbons (Fsp3) is 0.261. The van der Waals surface area contributed by atoms with Crippen molar-refractivity contribution in [3.63, 3.8) is 0 Å². The minimum atomic E-state index is -0.123. The van der Waals surface area contributed by atoms with Gasteiger partial charge in [0.15, 0.2) is 0 Å². The third-order valence-electron chi connectivity index (χ3n) is 5.59. The zero-order valence-electron chi connectivity index (χ0n) is 16.6. The molecule has 1 aliphatic heterocycles. The average Bonchev–Trinajstić information content (AvgIpc) is 3.50. The first kappa shape index (κ1) is 19.0. The largest absolute Gasteiger partial charge is 0.392 e. The molecule has 1 aliphatic rings. The number of hydrogen-bond donors (Lipinski definition) is 2. The van der Waals surface area contributed by atoms with Crippen molar-refractivity contribution >= 4 is 28.3 Å². The van der Waals surface area contributed by atoms with Crippen molar-refractivity contribution in [3.8, 4) is 10.4 Å². The lowest BCUT2D eigenvalue weighted by atomic mass is 10.1. The number of benzene rings is 2. The van der Waals surface area contributed by atoms with Crippen LogP contribution in [-0.2, 0) is 6.61 Å². The fourth-order valence-corrected chi connectivity index (χ4v) is 5.10. The van der Waals surface area contributed by atoms with Crippen LogP contribution in [0.3, 0.4) is 0 Å². The van der Waals surface area contributed by atoms with Gasteiger partial charge in [0.1, 0.15) is 11.5 Å². The van der Waals surface area contributed by atoms with Gasteiger partial charge < -0.3 is 15.0 Å². The summed E-state index contributed by atoms with van der Waals surface area (Å²) < 4.78 is 0. The molecule has 7 heteroatoms. The molecule has 1 saturated heterocycles. The van der Waals surface area contributed by atoms with E-state index in [1.165, 1.54) is 0 Å². The number of aromatic amines is 1. The lowest BCUT2D eigenvalue weighted by Crippen LogP contribution is -2.31. The second-order valence-corrected chi connectivity index (χ2v) is 8.73. The number of carbonyl (C=O) groups is 1. The second-order valence-electron chi connectivity index (χ2n) is 7.53. The normalized spacial score (nSPS) is 16.5. The number of aromatic nitrogens is 3. The van der Waals surface area contributed by atoms with Crippen molar-refractivity contribution in [1.29, 1.82) is 0 Å². The van der Waals surface area contributed by atoms with E-state index >= 15 is 0 Å². The van der Waals surface area contributed by atoms with Crippen molar-refractivity contribution in [3.05, 3.63) is 70.6 Å². The van der Waals surface area contributed by atoms with Crippen LogP contribution in [-0.4, -0.2) is 37.4 Å². The van der Waals surface area contributed by atoms with Crippen molar-refractivity contribution in [2.45, 2.75) is 32.4 Å². The minimum Gasteiger partial charge on any atom is -0.392 e. The van der Waals surface area contributed by atoms with Gasteiger partial charge in [0.25, 0.3) is 5.91 Å². The van der Waals surface area contributed by atoms with E-state index in [9.17, 15) is 9.90 Å². The number of likely N-dealkylation sites (tertiary alicyclic amines) is 1. The van der Waals surface area contributed by atoms with Crippen LogP contribution in [0.4, 0.5) is 0 Å². The number of para-hydroxylation sites is 1. The highest BCUT2D eigenvalue weighted by molar-refractivity contribution is 7.15. The summed E-state index contributed by atoms with van der Waals surface area (Å²) in [5.41, 5.74) is 3.96. The molecule has 1 unspecified atom stereocenters. The van der Waals surface area contributed by atoms with Crippen molar-refractivity contribution in [2.75, 3.05) is 6.54 Å². The standard InChI is InChI=1S/C23H22N4O2S/c1-14-24-20(21(30-14)15-7-3-2-4-8-15)23(29)27-12-6-11-18(27)22-25-17-10-5-9-16(13-28)19(17)26-22/h2-5,7-10,18,28H,6,11-13H2,1H3,(H,25,26). The Kier molecular flexibility index (Phi) is 4.84. The Labute approximate surface area is 178 Å². The molecule has 4 aromatic rings. The molecule has 0 radical (unpaired) electrons. The van der Waals surface area contributed by atoms with Crippen molar-refractivity contribution in [2.24, 2.45) is 0 Å². The molecule has 0 saturated carbocycles. The van der Waals surface area contributed by atoms with Crippen LogP contribution in [0.15, 0.2) is 48.5 Å². The molecule has 1 amide bonds. The quantitative estimate of drug-likeness (QED) is 0.512. The molecule has 6 nitrogen and oxygen atoms in total. The molecule has 0 bridgehead atoms. The van der Waals surface area contributed by atoms with E-state index in [4.69, 9.17) is 4.98 Å². The predicted octanol–water partition coefficient (Wildman–Crippen LogP) is 4.46. The number of rotatable bonds is 4. The van der Waals surface area contributed by atoms with Crippen LogP contribution in [0, 0.1) is 6.92 Å². The van der Waals surface area contributed by atoms with Crippen LogP contribution in [0.5, 0.6) is 0 Å². The van der Waals surface area contributed by atoms with Gasteiger partial charge in [0.05, 0.1) is 33.6 Å². The zero-order chi connectivity index (χ0) is 20.7. The monoisotopic (exact) mass is 418 g/mol. The number of thiazole rings is 1. The summed E-state index contributed by atoms with van der Waals surface area (Å²) in [5, 5.41) is 10.5. The first-order chi connectivity index (χ1) is 14.7. The third kappa shape index (κ3) is 3.20. The van der Waals surface area contributed by atoms with E-state index in [1.807, 2.05) is 60.4 Å². The highest BCUT2D eigenvalue weighted by atomic mass is 32.1. The first-order valence-corrected chi connectivity index (χ1v) is 10.9. The Hall–Kier alpha value is -3.03. The van der Waals surface area contributed by atoms with E-state index < -0.39 is 0 Å². The van der Waals surface area contributed by atoms with Gasteiger partial charge in [0.2, 0.25) is 0 Å². The van der Waals surface area contributed by atoms with Gasteiger partial charge in [-0.25, -0.2) is 9.97 Å². The SMILES string of the molecule is Cc1nc(C(=O)N2CCCC2c2nc3c(CO)cccc3[nH]2)c(-c2ccccc2)s1. The Morgan fingerprint density at radius 1 is 1.20 bits per heavy atom. The number of nitrogens with zero attached hydrogens (tertiary/aromatic N) is 3. The molecular weight excluding hydrogens is 396 g/mol. The highest BCUT2D eigenvalue weighted by Crippen LogP contribution is 2.36. The Balaban J connectivity index is 1.51. The molecule has 1 atom stereocenters. The van der Waals surface area contributed by atoms with Crippen LogP contribution >= 0.6 is 11.3 Å². The summed E-state index contributed by atoms with van der Waals surface area (Å²) in [5.74, 6) is 0.716. The molecule has 5 rings (SSSR count). The third-order valence-corrected chi connectivity index (χ3v) is 6.61. The number of aliphatic hydroxyl groups excluding tert-OH is 1. The summed E-state index contributed by atoms with van der Waals surface area (Å²) in [7, 11) is 0. The zero-order valence-corrected chi connectivity index (χ0v) is 17.4. The lowest BCUT2D eigenvalue weighted by molar-refractivity contribution is 0.0726. The molecule has 152 valence electrons. The average molecular weight is 419 g/mol. The van der Waals surface area contributed by atoms with E-state index in [2.05, 4.69) is 9.97 Å². The van der Waals surface area contributed by atoms with Crippen LogP contribution in [0.25, 0.3) is 21.5 Å². The molecule has 0 spiro atoms. The number of amides is 1. The van der Waals surface area contributed by atoms with Crippen molar-refractivity contribution in [1.82, 2.24) is 19.9 Å². The molecular formula is C23H22N4O2S. The molecule has 1 fully saturated rings. The minimum absolute atomic E-state index is 0.0523. The van der Waals surface area contributed by atoms with Gasteiger partial charge in [-0.1, -0.05) is 42.5 Å². The van der Waals surface area contributed by atoms with Crippen molar-refractivity contribution < 1.29 is 9.90 Å². The number of carbonyl (C=O) groups excluding carboxylic acids is 1. The Morgan fingerprint density at radius 3 is 2.83 bits per heavy atom. The predicted molar refractivity (Wildman–Crippen MR) is 117 cm³/mol. The van der Waals surface area contributed by atoms with Gasteiger partial charge in [0, 0.05) is 12.1 Å². The topological polar surface area (TPSA) is 82.1 Å². The number of imidazole rings is 1. The number of aliphatic hydroxyl groups is 1. The van der Waals surface area contributed by atoms with Crippen LogP contribution < -0.4 is 0 Å². The van der Waals surface area contributed by atoms with Gasteiger partial charge in [-0.3, -0.25) is 4.79 Å². The smallest absolute Gasteiger partial charge is 0.274 e. The van der Waals surface area contributed by atoms with Gasteiger partial charge >= 0.3 is 0 Å². The summed E-state index contributed by atoms with van der Waals surface area (Å²) in [6.45, 7) is 2.55. The maximum atomic E-state index is 13.6. The molecule has 2 aromatic heterocycles. The molecule has 0 aliphatic carbocycles. The summed E-state index contributed by atoms with van der Waals surface area (Å²) in [6, 6.07) is 15.5. The van der Waals surface area contributed by atoms with E-state index in [-0.39, 0.29) is 18.6 Å². The maximum Gasteiger partial charge on any atom is 0.274 e. The highest BCUT2D eigenvalue weighted by Gasteiger charge is 2.35. The lowest BCUT2D eigenvalue weighted by Gasteiger charge is -2.22. The molecule has 2 N–H and O–H groups in total. The van der Waals surface area contributed by atoms with Gasteiger partial charge in [-0.15, -0.1) is 11.3 Å². The Bertz CT molecular complexity index is 1210. The summed E-state index contributed by atoms with van der Waals surface area (Å²) in [6.07, 6.45) is 1.77. The number of hydrogen-bond acceptors (Lipinski definition) is 5. The number of H-pyrrole nitrogens is 1. The second kappa shape index (κ2) is 7.66. The van der Waals surface area contributed by atoms with Gasteiger partial charge in [-0.2, -0.15) is 0 Å². The molecule has 3 heterocycles. The molecule has 30 heavy (non-hydrogen) atoms. The van der Waals surface area contributed by atoms with Crippen LogP contribution in [0.1, 0.15) is 45.8 Å². The summed E-state index contributed by atoms with van der Waals surface area (Å²) in [4.78, 5) is 29.1. The number of fused-ring (bicyclic) bond motifs is 1. The van der Waals surface area contributed by atoms with E-state index in [0.29, 0.717) is 12.2 Å². The van der Waals surface area contributed by atoms with E-state index in [1.54, 1.807) is 11.3 Å². The van der Waals surface area contributed by atoms with E-state index in [0.717, 1.165) is 50.7 Å². The summed E-state index contributed by atoms with van der Waals surface area (Å²) >= 11 is 1.55. The van der Waals surface area contributed by atoms with Gasteiger partial charge in [-0.05, 0) is 31.4 Å². The first-order valence-electron chi connectivity index (χ1n) is 10.1. The molecule has 2 aromatic carbocycles. The number of nitrogens with one attached hydrogen (secondary N) is 1.